The van der Waals surface area contributed by atoms with Crippen LogP contribution >= 0.6 is 11.6 Å². The number of hydrogen-bond acceptors (Lipinski definition) is 3. The summed E-state index contributed by atoms with van der Waals surface area (Å²) < 4.78 is 2.22. The zero-order valence-electron chi connectivity index (χ0n) is 12.7. The van der Waals surface area contributed by atoms with E-state index in [1.54, 1.807) is 0 Å². The summed E-state index contributed by atoms with van der Waals surface area (Å²) in [5, 5.41) is 10.6. The summed E-state index contributed by atoms with van der Waals surface area (Å²) in [7, 11) is 0. The number of halogens is 1. The van der Waals surface area contributed by atoms with Crippen molar-refractivity contribution < 1.29 is 5.11 Å². The maximum Gasteiger partial charge on any atom is 0.206 e. The summed E-state index contributed by atoms with van der Waals surface area (Å²) >= 11 is 5.98. The lowest BCUT2D eigenvalue weighted by Gasteiger charge is -2.19. The Morgan fingerprint density at radius 3 is 2.65 bits per heavy atom. The quantitative estimate of drug-likeness (QED) is 0.802. The van der Waals surface area contributed by atoms with Crippen molar-refractivity contribution in [2.24, 2.45) is 0 Å². The van der Waals surface area contributed by atoms with Gasteiger partial charge in [0, 0.05) is 18.1 Å². The number of rotatable bonds is 3. The number of aliphatic hydroxyl groups is 1. The molecule has 23 heavy (non-hydrogen) atoms. The molecule has 1 aliphatic heterocycles. The molecule has 5 heteroatoms. The van der Waals surface area contributed by atoms with Gasteiger partial charge in [-0.3, -0.25) is 0 Å². The highest BCUT2D eigenvalue weighted by molar-refractivity contribution is 6.30. The molecule has 2 aromatic carbocycles. The lowest BCUT2D eigenvalue weighted by atomic mass is 10.2. The SMILES string of the molecule is OC1CCN(c2nc3ccccc3n2Cc2ccc(Cl)cc2)C1. The van der Waals surface area contributed by atoms with E-state index < -0.39 is 0 Å². The van der Waals surface area contributed by atoms with Crippen molar-refractivity contribution >= 4 is 28.6 Å². The summed E-state index contributed by atoms with van der Waals surface area (Å²) in [4.78, 5) is 6.96. The minimum atomic E-state index is -0.265. The van der Waals surface area contributed by atoms with Crippen molar-refractivity contribution in [2.45, 2.75) is 19.1 Å². The van der Waals surface area contributed by atoms with Crippen molar-refractivity contribution in [3.05, 3.63) is 59.1 Å². The fourth-order valence-corrected chi connectivity index (χ4v) is 3.28. The molecule has 4 rings (SSSR count). The molecule has 1 unspecified atom stereocenters. The van der Waals surface area contributed by atoms with Crippen molar-refractivity contribution in [1.82, 2.24) is 9.55 Å². The maximum absolute atomic E-state index is 9.85. The molecule has 0 saturated carbocycles. The molecule has 2 heterocycles. The normalized spacial score (nSPS) is 18.0. The van der Waals surface area contributed by atoms with Gasteiger partial charge in [-0.1, -0.05) is 35.9 Å². The van der Waals surface area contributed by atoms with Crippen LogP contribution in [-0.2, 0) is 6.54 Å². The Balaban J connectivity index is 1.77. The summed E-state index contributed by atoms with van der Waals surface area (Å²) in [5.41, 5.74) is 3.27. The number of fused-ring (bicyclic) bond motifs is 1. The van der Waals surface area contributed by atoms with E-state index in [1.165, 1.54) is 5.56 Å². The zero-order valence-corrected chi connectivity index (χ0v) is 13.4. The van der Waals surface area contributed by atoms with Crippen LogP contribution in [0.5, 0.6) is 0 Å². The summed E-state index contributed by atoms with van der Waals surface area (Å²) in [6.45, 7) is 2.22. The molecule has 1 saturated heterocycles. The summed E-state index contributed by atoms with van der Waals surface area (Å²) in [6.07, 6.45) is 0.531. The molecule has 3 aromatic rings. The molecule has 0 radical (unpaired) electrons. The third-order valence-electron chi connectivity index (χ3n) is 4.33. The molecule has 1 atom stereocenters. The van der Waals surface area contributed by atoms with Gasteiger partial charge >= 0.3 is 0 Å². The minimum absolute atomic E-state index is 0.265. The Morgan fingerprint density at radius 1 is 1.13 bits per heavy atom. The molecule has 0 aliphatic carbocycles. The van der Waals surface area contributed by atoms with Gasteiger partial charge in [0.05, 0.1) is 23.7 Å². The molecular formula is C18H18ClN3O. The number of anilines is 1. The van der Waals surface area contributed by atoms with Gasteiger partial charge in [0.1, 0.15) is 0 Å². The van der Waals surface area contributed by atoms with Crippen LogP contribution in [0.25, 0.3) is 11.0 Å². The van der Waals surface area contributed by atoms with E-state index in [2.05, 4.69) is 15.5 Å². The predicted molar refractivity (Wildman–Crippen MR) is 93.1 cm³/mol. The molecule has 4 nitrogen and oxygen atoms in total. The number of benzene rings is 2. The van der Waals surface area contributed by atoms with Gasteiger partial charge < -0.3 is 14.6 Å². The van der Waals surface area contributed by atoms with E-state index in [0.717, 1.165) is 41.5 Å². The minimum Gasteiger partial charge on any atom is -0.391 e. The molecule has 1 fully saturated rings. The largest absolute Gasteiger partial charge is 0.391 e. The third kappa shape index (κ3) is 2.80. The summed E-state index contributed by atoms with van der Waals surface area (Å²) in [5.74, 6) is 0.928. The van der Waals surface area contributed by atoms with E-state index in [4.69, 9.17) is 16.6 Å². The Morgan fingerprint density at radius 2 is 1.91 bits per heavy atom. The highest BCUT2D eigenvalue weighted by atomic mass is 35.5. The standard InChI is InChI=1S/C18H18ClN3O/c19-14-7-5-13(6-8-14)11-22-17-4-2-1-3-16(17)20-18(22)21-10-9-15(23)12-21/h1-8,15,23H,9-12H2. The fraction of sp³-hybridized carbons (Fsp3) is 0.278. The van der Waals surface area contributed by atoms with Crippen LogP contribution in [0.2, 0.25) is 5.02 Å². The van der Waals surface area contributed by atoms with Crippen LogP contribution < -0.4 is 4.90 Å². The second kappa shape index (κ2) is 5.87. The van der Waals surface area contributed by atoms with Crippen LogP contribution in [0, 0.1) is 0 Å². The number of hydrogen-bond donors (Lipinski definition) is 1. The van der Waals surface area contributed by atoms with Crippen LogP contribution in [0.3, 0.4) is 0 Å². The van der Waals surface area contributed by atoms with Crippen molar-refractivity contribution in [3.8, 4) is 0 Å². The topological polar surface area (TPSA) is 41.3 Å². The van der Waals surface area contributed by atoms with Gasteiger partial charge in [0.15, 0.2) is 0 Å². The van der Waals surface area contributed by atoms with Gasteiger partial charge in [-0.15, -0.1) is 0 Å². The molecule has 1 N–H and O–H groups in total. The number of imidazole rings is 1. The first-order chi connectivity index (χ1) is 11.2. The van der Waals surface area contributed by atoms with E-state index in [-0.39, 0.29) is 6.10 Å². The van der Waals surface area contributed by atoms with E-state index in [9.17, 15) is 5.11 Å². The lowest BCUT2D eigenvalue weighted by Crippen LogP contribution is -2.25. The van der Waals surface area contributed by atoms with Gasteiger partial charge in [-0.25, -0.2) is 4.98 Å². The molecule has 0 amide bonds. The van der Waals surface area contributed by atoms with Crippen LogP contribution in [0.4, 0.5) is 5.95 Å². The molecule has 1 aromatic heterocycles. The zero-order chi connectivity index (χ0) is 15.8. The number of aliphatic hydroxyl groups excluding tert-OH is 1. The highest BCUT2D eigenvalue weighted by Gasteiger charge is 2.25. The monoisotopic (exact) mass is 327 g/mol. The van der Waals surface area contributed by atoms with Gasteiger partial charge in [-0.05, 0) is 36.2 Å². The first-order valence-electron chi connectivity index (χ1n) is 7.83. The number of aromatic nitrogens is 2. The molecule has 0 spiro atoms. The Labute approximate surface area is 139 Å². The van der Waals surface area contributed by atoms with Gasteiger partial charge in [-0.2, -0.15) is 0 Å². The molecule has 118 valence electrons. The number of para-hydroxylation sites is 2. The van der Waals surface area contributed by atoms with Crippen LogP contribution in [-0.4, -0.2) is 33.9 Å². The second-order valence-corrected chi connectivity index (χ2v) is 6.44. The maximum atomic E-state index is 9.85. The Kier molecular flexibility index (Phi) is 3.71. The predicted octanol–water partition coefficient (Wildman–Crippen LogP) is 3.31. The number of β-amino-alcohol motifs (C(OH)–C–C–N with tert-alkyl or cyclic N) is 1. The van der Waals surface area contributed by atoms with Crippen LogP contribution in [0.15, 0.2) is 48.5 Å². The van der Waals surface area contributed by atoms with Crippen molar-refractivity contribution in [1.29, 1.82) is 0 Å². The highest BCUT2D eigenvalue weighted by Crippen LogP contribution is 2.27. The lowest BCUT2D eigenvalue weighted by molar-refractivity contribution is 0.198. The third-order valence-corrected chi connectivity index (χ3v) is 4.59. The molecular weight excluding hydrogens is 310 g/mol. The first kappa shape index (κ1) is 14.5. The van der Waals surface area contributed by atoms with Gasteiger partial charge in [0.25, 0.3) is 0 Å². The van der Waals surface area contributed by atoms with E-state index >= 15 is 0 Å². The van der Waals surface area contributed by atoms with Gasteiger partial charge in [0.2, 0.25) is 5.95 Å². The van der Waals surface area contributed by atoms with Crippen molar-refractivity contribution in [2.75, 3.05) is 18.0 Å². The molecule has 0 bridgehead atoms. The smallest absolute Gasteiger partial charge is 0.206 e. The average molecular weight is 328 g/mol. The van der Waals surface area contributed by atoms with E-state index in [1.807, 2.05) is 42.5 Å². The van der Waals surface area contributed by atoms with Crippen LogP contribution in [0.1, 0.15) is 12.0 Å². The fourth-order valence-electron chi connectivity index (χ4n) is 3.16. The Hall–Kier alpha value is -2.04. The second-order valence-electron chi connectivity index (χ2n) is 6.00. The summed E-state index contributed by atoms with van der Waals surface area (Å²) in [6, 6.07) is 16.1. The van der Waals surface area contributed by atoms with Crippen molar-refractivity contribution in [3.63, 3.8) is 0 Å². The Bertz CT molecular complexity index is 828. The van der Waals surface area contributed by atoms with E-state index in [0.29, 0.717) is 6.54 Å². The molecule has 1 aliphatic rings. The number of nitrogens with zero attached hydrogens (tertiary/aromatic N) is 3. The average Bonchev–Trinajstić information content (AvgIpc) is 3.14. The first-order valence-corrected chi connectivity index (χ1v) is 8.21.